The van der Waals surface area contributed by atoms with Gasteiger partial charge in [-0.05, 0) is 88.0 Å². The Morgan fingerprint density at radius 1 is 0.680 bits per heavy atom. The van der Waals surface area contributed by atoms with E-state index in [9.17, 15) is 0 Å². The largest absolute Gasteiger partial charge is 0.122 e. The van der Waals surface area contributed by atoms with Crippen molar-refractivity contribution in [1.82, 2.24) is 0 Å². The maximum Gasteiger partial charge on any atom is 0.0408 e. The van der Waals surface area contributed by atoms with Gasteiger partial charge in [0.2, 0.25) is 0 Å². The summed E-state index contributed by atoms with van der Waals surface area (Å²) in [5.74, 6) is 1.79. The summed E-state index contributed by atoms with van der Waals surface area (Å²) in [5, 5.41) is 0. The molecule has 0 unspecified atom stereocenters. The molecular formula is C18H14Br4S3. The lowest BCUT2D eigenvalue weighted by Crippen LogP contribution is -1.86. The summed E-state index contributed by atoms with van der Waals surface area (Å²) in [6.07, 6.45) is 3.82. The molecular weight excluding hydrogens is 632 g/mol. The third kappa shape index (κ3) is 6.47. The molecule has 0 N–H and O–H groups in total. The van der Waals surface area contributed by atoms with Crippen molar-refractivity contribution >= 4 is 99.0 Å². The quantitative estimate of drug-likeness (QED) is 0.207. The molecule has 0 aliphatic heterocycles. The van der Waals surface area contributed by atoms with Gasteiger partial charge in [0, 0.05) is 49.0 Å². The molecule has 0 fully saturated rings. The van der Waals surface area contributed by atoms with E-state index in [1.165, 1.54) is 9.79 Å². The minimum absolute atomic E-state index is 0.895. The van der Waals surface area contributed by atoms with Crippen LogP contribution in [0, 0.1) is 0 Å². The lowest BCUT2D eigenvalue weighted by Gasteiger charge is -2.13. The van der Waals surface area contributed by atoms with Crippen LogP contribution in [-0.2, 0) is 0 Å². The second-order valence-corrected chi connectivity index (χ2v) is 11.4. The molecule has 0 bridgehead atoms. The highest BCUT2D eigenvalue weighted by atomic mass is 79.9. The number of hydrogen-bond donors (Lipinski definition) is 0. The lowest BCUT2D eigenvalue weighted by molar-refractivity contribution is 1.23. The van der Waals surface area contributed by atoms with E-state index in [0.29, 0.717) is 0 Å². The van der Waals surface area contributed by atoms with E-state index in [-0.39, 0.29) is 0 Å². The molecule has 2 rings (SSSR count). The average Bonchev–Trinajstić information content (AvgIpc) is 2.56. The molecule has 0 aliphatic rings. The summed E-state index contributed by atoms with van der Waals surface area (Å²) in [5.41, 5.74) is 0. The Balaban J connectivity index is 2.30. The standard InChI is InChI=1S/C18H14Br4S3/c1-3-5-23-11-7-13(19)17(14(20)8-11)25-18-15(21)9-12(10-16(18)22)24-6-4-2/h3-4,7-10H,1-2,5-6H2. The monoisotopic (exact) mass is 642 g/mol. The number of rotatable bonds is 8. The molecule has 0 amide bonds. The summed E-state index contributed by atoms with van der Waals surface area (Å²) in [6.45, 7) is 7.55. The zero-order valence-corrected chi connectivity index (χ0v) is 21.8. The van der Waals surface area contributed by atoms with E-state index in [2.05, 4.69) is 101 Å². The minimum Gasteiger partial charge on any atom is -0.122 e. The molecule has 0 nitrogen and oxygen atoms in total. The fourth-order valence-electron chi connectivity index (χ4n) is 1.85. The predicted molar refractivity (Wildman–Crippen MR) is 130 cm³/mol. The molecule has 0 atom stereocenters. The molecule has 0 heterocycles. The Labute approximate surface area is 195 Å². The van der Waals surface area contributed by atoms with Crippen LogP contribution in [0.1, 0.15) is 0 Å². The van der Waals surface area contributed by atoms with Gasteiger partial charge in [-0.15, -0.1) is 36.7 Å². The van der Waals surface area contributed by atoms with Crippen LogP contribution < -0.4 is 0 Å². The molecule has 0 aromatic heterocycles. The van der Waals surface area contributed by atoms with Crippen LogP contribution in [0.15, 0.2) is 87.0 Å². The van der Waals surface area contributed by atoms with Crippen molar-refractivity contribution in [1.29, 1.82) is 0 Å². The van der Waals surface area contributed by atoms with Crippen LogP contribution in [-0.4, -0.2) is 11.5 Å². The average molecular weight is 646 g/mol. The minimum atomic E-state index is 0.895. The van der Waals surface area contributed by atoms with Crippen LogP contribution in [0.25, 0.3) is 0 Å². The van der Waals surface area contributed by atoms with Gasteiger partial charge < -0.3 is 0 Å². The summed E-state index contributed by atoms with van der Waals surface area (Å²) in [7, 11) is 0. The highest BCUT2D eigenvalue weighted by Gasteiger charge is 2.15. The van der Waals surface area contributed by atoms with Crippen molar-refractivity contribution in [3.8, 4) is 0 Å². The Morgan fingerprint density at radius 3 is 1.28 bits per heavy atom. The number of hydrogen-bond acceptors (Lipinski definition) is 3. The molecule has 0 spiro atoms. The topological polar surface area (TPSA) is 0 Å². The van der Waals surface area contributed by atoms with E-state index in [1.807, 2.05) is 12.2 Å². The Bertz CT molecular complexity index is 678. The van der Waals surface area contributed by atoms with E-state index >= 15 is 0 Å². The number of thioether (sulfide) groups is 2. The van der Waals surface area contributed by atoms with Gasteiger partial charge in [-0.1, -0.05) is 23.9 Å². The van der Waals surface area contributed by atoms with Crippen molar-refractivity contribution in [2.75, 3.05) is 11.5 Å². The van der Waals surface area contributed by atoms with Gasteiger partial charge in [0.05, 0.1) is 0 Å². The van der Waals surface area contributed by atoms with Crippen molar-refractivity contribution in [2.45, 2.75) is 19.6 Å². The van der Waals surface area contributed by atoms with Crippen LogP contribution in [0.3, 0.4) is 0 Å². The number of benzene rings is 2. The van der Waals surface area contributed by atoms with E-state index < -0.39 is 0 Å². The summed E-state index contributed by atoms with van der Waals surface area (Å²) < 4.78 is 4.29. The van der Waals surface area contributed by atoms with Crippen molar-refractivity contribution in [2.24, 2.45) is 0 Å². The molecule has 0 saturated carbocycles. The van der Waals surface area contributed by atoms with Gasteiger partial charge in [-0.3, -0.25) is 0 Å². The molecule has 0 radical (unpaired) electrons. The fourth-order valence-corrected chi connectivity index (χ4v) is 8.05. The van der Waals surface area contributed by atoms with Crippen molar-refractivity contribution < 1.29 is 0 Å². The Morgan fingerprint density at radius 2 is 1.00 bits per heavy atom. The molecule has 2 aromatic rings. The van der Waals surface area contributed by atoms with Gasteiger partial charge >= 0.3 is 0 Å². The van der Waals surface area contributed by atoms with Crippen LogP contribution >= 0.6 is 99.0 Å². The van der Waals surface area contributed by atoms with Crippen LogP contribution in [0.5, 0.6) is 0 Å². The van der Waals surface area contributed by atoms with E-state index in [4.69, 9.17) is 0 Å². The van der Waals surface area contributed by atoms with Crippen molar-refractivity contribution in [3.05, 3.63) is 67.5 Å². The fraction of sp³-hybridized carbons (Fsp3) is 0.111. The highest BCUT2D eigenvalue weighted by Crippen LogP contribution is 2.47. The molecule has 7 heteroatoms. The predicted octanol–water partition coefficient (Wildman–Crippen LogP) is 9.44. The first-order chi connectivity index (χ1) is 12.0. The van der Waals surface area contributed by atoms with Gasteiger partial charge in [0.15, 0.2) is 0 Å². The lowest BCUT2D eigenvalue weighted by atomic mass is 10.4. The molecule has 0 saturated heterocycles. The van der Waals surface area contributed by atoms with Gasteiger partial charge in [-0.2, -0.15) is 0 Å². The smallest absolute Gasteiger partial charge is 0.0408 e. The van der Waals surface area contributed by atoms with Crippen molar-refractivity contribution in [3.63, 3.8) is 0 Å². The third-order valence-electron chi connectivity index (χ3n) is 2.88. The summed E-state index contributed by atoms with van der Waals surface area (Å²) in [4.78, 5) is 4.71. The molecule has 25 heavy (non-hydrogen) atoms. The SMILES string of the molecule is C=CCSc1cc(Br)c(Sc2c(Br)cc(SCC=C)cc2Br)c(Br)c1. The van der Waals surface area contributed by atoms with Gasteiger partial charge in [0.1, 0.15) is 0 Å². The van der Waals surface area contributed by atoms with E-state index in [0.717, 1.165) is 39.2 Å². The van der Waals surface area contributed by atoms with Gasteiger partial charge in [-0.25, -0.2) is 0 Å². The second kappa shape index (κ2) is 11.0. The zero-order chi connectivity index (χ0) is 18.4. The third-order valence-corrected chi connectivity index (χ3v) is 9.67. The maximum atomic E-state index is 3.77. The van der Waals surface area contributed by atoms with Gasteiger partial charge in [0.25, 0.3) is 0 Å². The first kappa shape index (κ1) is 22.2. The Kier molecular flexibility index (Phi) is 9.79. The molecule has 0 aliphatic carbocycles. The maximum absolute atomic E-state index is 3.77. The zero-order valence-electron chi connectivity index (χ0n) is 13.0. The number of halogens is 4. The first-order valence-electron chi connectivity index (χ1n) is 7.09. The molecule has 2 aromatic carbocycles. The summed E-state index contributed by atoms with van der Waals surface area (Å²) in [6, 6.07) is 8.60. The van der Waals surface area contributed by atoms with E-state index in [1.54, 1.807) is 35.3 Å². The highest BCUT2D eigenvalue weighted by molar-refractivity contribution is 9.11. The molecule has 132 valence electrons. The summed E-state index contributed by atoms with van der Waals surface area (Å²) >= 11 is 20.1. The van der Waals surface area contributed by atoms with Crippen LogP contribution in [0.4, 0.5) is 0 Å². The van der Waals surface area contributed by atoms with Crippen LogP contribution in [0.2, 0.25) is 0 Å². The first-order valence-corrected chi connectivity index (χ1v) is 13.1. The normalized spacial score (nSPS) is 10.7. The second-order valence-electron chi connectivity index (χ2n) is 4.73. The Hall–Kier alpha value is 0.890.